The van der Waals surface area contributed by atoms with Crippen LogP contribution >= 0.6 is 15.9 Å². The van der Waals surface area contributed by atoms with Crippen molar-refractivity contribution in [1.29, 1.82) is 0 Å². The fourth-order valence-corrected chi connectivity index (χ4v) is 3.35. The van der Waals surface area contributed by atoms with Crippen LogP contribution < -0.4 is 5.32 Å². The molecule has 1 heterocycles. The molecule has 152 valence electrons. The first-order chi connectivity index (χ1) is 14.0. The van der Waals surface area contributed by atoms with Crippen molar-refractivity contribution in [2.45, 2.75) is 39.4 Å². The highest BCUT2D eigenvalue weighted by molar-refractivity contribution is 9.10. The molecule has 1 aromatic heterocycles. The van der Waals surface area contributed by atoms with Crippen LogP contribution in [0.1, 0.15) is 41.3 Å². The maximum Gasteiger partial charge on any atom is 0.287 e. The Hall–Kier alpha value is -2.37. The van der Waals surface area contributed by atoms with Crippen LogP contribution in [0.4, 0.5) is 0 Å². The van der Waals surface area contributed by atoms with Gasteiger partial charge in [0.2, 0.25) is 0 Å². The van der Waals surface area contributed by atoms with Crippen LogP contribution in [-0.4, -0.2) is 23.4 Å². The molecule has 29 heavy (non-hydrogen) atoms. The molecule has 0 fully saturated rings. The Balaban J connectivity index is 1.54. The van der Waals surface area contributed by atoms with Crippen molar-refractivity contribution in [3.05, 3.63) is 93.9 Å². The molecular weight excluding hydrogens is 428 g/mol. The quantitative estimate of drug-likeness (QED) is 0.468. The molecule has 0 aliphatic rings. The number of carbonyl (C=O) groups excluding carboxylic acids is 1. The zero-order valence-electron chi connectivity index (χ0n) is 16.9. The third-order valence-corrected chi connectivity index (χ3v) is 5.34. The lowest BCUT2D eigenvalue weighted by Crippen LogP contribution is -2.29. The smallest absolute Gasteiger partial charge is 0.287 e. The fourth-order valence-electron chi connectivity index (χ4n) is 3.08. The van der Waals surface area contributed by atoms with E-state index in [4.69, 9.17) is 4.42 Å². The van der Waals surface area contributed by atoms with Gasteiger partial charge >= 0.3 is 0 Å². The second kappa shape index (κ2) is 10.4. The Bertz CT molecular complexity index is 904. The van der Waals surface area contributed by atoms with Crippen molar-refractivity contribution in [3.8, 4) is 0 Å². The molecule has 0 unspecified atom stereocenters. The SMILES string of the molecule is CC(C)N(Cc1ccc(Br)cc1)Cc1ccc(C(=O)NCCc2ccccc2)o1. The van der Waals surface area contributed by atoms with Crippen molar-refractivity contribution in [1.82, 2.24) is 10.2 Å². The zero-order chi connectivity index (χ0) is 20.6. The van der Waals surface area contributed by atoms with Gasteiger partial charge in [0.05, 0.1) is 6.54 Å². The van der Waals surface area contributed by atoms with Gasteiger partial charge in [-0.1, -0.05) is 58.4 Å². The number of furan rings is 1. The van der Waals surface area contributed by atoms with Crippen molar-refractivity contribution in [2.75, 3.05) is 6.54 Å². The number of amides is 1. The van der Waals surface area contributed by atoms with E-state index in [1.165, 1.54) is 11.1 Å². The molecule has 0 aliphatic carbocycles. The summed E-state index contributed by atoms with van der Waals surface area (Å²) >= 11 is 3.48. The van der Waals surface area contributed by atoms with Gasteiger partial charge in [0.25, 0.3) is 5.91 Å². The summed E-state index contributed by atoms with van der Waals surface area (Å²) in [4.78, 5) is 14.7. The van der Waals surface area contributed by atoms with Crippen LogP contribution in [-0.2, 0) is 19.5 Å². The normalized spacial score (nSPS) is 11.2. The summed E-state index contributed by atoms with van der Waals surface area (Å²) in [5.74, 6) is 0.987. The molecule has 0 radical (unpaired) electrons. The lowest BCUT2D eigenvalue weighted by atomic mass is 10.1. The van der Waals surface area contributed by atoms with Gasteiger partial charge in [-0.25, -0.2) is 0 Å². The largest absolute Gasteiger partial charge is 0.455 e. The van der Waals surface area contributed by atoms with E-state index in [1.54, 1.807) is 6.07 Å². The minimum Gasteiger partial charge on any atom is -0.455 e. The Morgan fingerprint density at radius 1 is 0.966 bits per heavy atom. The molecule has 3 aromatic rings. The molecule has 5 heteroatoms. The van der Waals surface area contributed by atoms with E-state index in [0.29, 0.717) is 24.9 Å². The summed E-state index contributed by atoms with van der Waals surface area (Å²) in [6.07, 6.45) is 0.800. The van der Waals surface area contributed by atoms with Gasteiger partial charge in [-0.05, 0) is 55.7 Å². The highest BCUT2D eigenvalue weighted by atomic mass is 79.9. The lowest BCUT2D eigenvalue weighted by molar-refractivity contribution is 0.0921. The van der Waals surface area contributed by atoms with E-state index in [2.05, 4.69) is 76.4 Å². The number of rotatable bonds is 9. The first kappa shape index (κ1) is 21.3. The number of nitrogens with one attached hydrogen (secondary N) is 1. The highest BCUT2D eigenvalue weighted by Gasteiger charge is 2.16. The van der Waals surface area contributed by atoms with E-state index in [0.717, 1.165) is 23.2 Å². The minimum absolute atomic E-state index is 0.170. The average Bonchev–Trinajstić information content (AvgIpc) is 3.18. The van der Waals surface area contributed by atoms with E-state index in [-0.39, 0.29) is 5.91 Å². The van der Waals surface area contributed by atoms with E-state index < -0.39 is 0 Å². The van der Waals surface area contributed by atoms with Gasteiger partial charge in [0, 0.05) is 23.6 Å². The minimum atomic E-state index is -0.170. The van der Waals surface area contributed by atoms with Gasteiger partial charge < -0.3 is 9.73 Å². The van der Waals surface area contributed by atoms with Gasteiger partial charge in [-0.15, -0.1) is 0 Å². The van der Waals surface area contributed by atoms with E-state index >= 15 is 0 Å². The topological polar surface area (TPSA) is 45.5 Å². The number of halogens is 1. The molecule has 1 N–H and O–H groups in total. The summed E-state index contributed by atoms with van der Waals surface area (Å²) < 4.78 is 6.90. The summed E-state index contributed by atoms with van der Waals surface area (Å²) in [5, 5.41) is 2.93. The van der Waals surface area contributed by atoms with E-state index in [1.807, 2.05) is 24.3 Å². The molecule has 0 atom stereocenters. The second-order valence-electron chi connectivity index (χ2n) is 7.38. The molecule has 0 spiro atoms. The van der Waals surface area contributed by atoms with Crippen molar-refractivity contribution in [2.24, 2.45) is 0 Å². The van der Waals surface area contributed by atoms with Crippen molar-refractivity contribution in [3.63, 3.8) is 0 Å². The third kappa shape index (κ3) is 6.58. The molecule has 4 nitrogen and oxygen atoms in total. The standard InChI is InChI=1S/C24H27BrN2O2/c1-18(2)27(16-20-8-10-21(25)11-9-20)17-22-12-13-23(29-22)24(28)26-15-14-19-6-4-3-5-7-19/h3-13,18H,14-17H2,1-2H3,(H,26,28). The summed E-state index contributed by atoms with van der Waals surface area (Å²) in [5.41, 5.74) is 2.45. The first-order valence-electron chi connectivity index (χ1n) is 9.90. The molecule has 2 aromatic carbocycles. The molecule has 0 saturated heterocycles. The van der Waals surface area contributed by atoms with Crippen LogP contribution in [0.5, 0.6) is 0 Å². The van der Waals surface area contributed by atoms with Crippen LogP contribution in [0.3, 0.4) is 0 Å². The van der Waals surface area contributed by atoms with E-state index in [9.17, 15) is 4.79 Å². The molecule has 0 bridgehead atoms. The van der Waals surface area contributed by atoms with Crippen LogP contribution in [0.25, 0.3) is 0 Å². The van der Waals surface area contributed by atoms with Crippen LogP contribution in [0.15, 0.2) is 75.6 Å². The number of nitrogens with zero attached hydrogens (tertiary/aromatic N) is 1. The van der Waals surface area contributed by atoms with Crippen LogP contribution in [0.2, 0.25) is 0 Å². The molecule has 3 rings (SSSR count). The van der Waals surface area contributed by atoms with Gasteiger partial charge in [0.15, 0.2) is 5.76 Å². The van der Waals surface area contributed by atoms with Gasteiger partial charge in [0.1, 0.15) is 5.76 Å². The highest BCUT2D eigenvalue weighted by Crippen LogP contribution is 2.17. The maximum atomic E-state index is 12.4. The average molecular weight is 455 g/mol. The monoisotopic (exact) mass is 454 g/mol. The number of carbonyl (C=O) groups is 1. The molecule has 0 saturated carbocycles. The Kier molecular flexibility index (Phi) is 7.67. The summed E-state index contributed by atoms with van der Waals surface area (Å²) in [6, 6.07) is 22.5. The predicted octanol–water partition coefficient (Wildman–Crippen LogP) is 5.43. The molecular formula is C24H27BrN2O2. The predicted molar refractivity (Wildman–Crippen MR) is 120 cm³/mol. The fraction of sp³-hybridized carbons (Fsp3) is 0.292. The summed E-state index contributed by atoms with van der Waals surface area (Å²) in [7, 11) is 0. The second-order valence-corrected chi connectivity index (χ2v) is 8.30. The Labute approximate surface area is 181 Å². The van der Waals surface area contributed by atoms with Gasteiger partial charge in [-0.2, -0.15) is 0 Å². The van der Waals surface area contributed by atoms with Gasteiger partial charge in [-0.3, -0.25) is 9.69 Å². The third-order valence-electron chi connectivity index (χ3n) is 4.82. The van der Waals surface area contributed by atoms with Crippen molar-refractivity contribution < 1.29 is 9.21 Å². The lowest BCUT2D eigenvalue weighted by Gasteiger charge is -2.25. The maximum absolute atomic E-state index is 12.4. The Morgan fingerprint density at radius 3 is 2.38 bits per heavy atom. The summed E-state index contributed by atoms with van der Waals surface area (Å²) in [6.45, 7) is 6.40. The molecule has 0 aliphatic heterocycles. The van der Waals surface area contributed by atoms with Crippen molar-refractivity contribution >= 4 is 21.8 Å². The Morgan fingerprint density at radius 2 is 1.69 bits per heavy atom. The van der Waals surface area contributed by atoms with Crippen LogP contribution in [0, 0.1) is 0 Å². The zero-order valence-corrected chi connectivity index (χ0v) is 18.5. The molecule has 1 amide bonds. The number of hydrogen-bond acceptors (Lipinski definition) is 3. The number of benzene rings is 2. The first-order valence-corrected chi connectivity index (χ1v) is 10.7. The number of hydrogen-bond donors (Lipinski definition) is 1.